The Hall–Kier alpha value is -1.01. The maximum atomic E-state index is 10.3. The van der Waals surface area contributed by atoms with Crippen LogP contribution in [-0.4, -0.2) is 46.8 Å². The van der Waals surface area contributed by atoms with Crippen molar-refractivity contribution in [1.82, 2.24) is 4.90 Å². The third kappa shape index (κ3) is 3.99. The van der Waals surface area contributed by atoms with Gasteiger partial charge in [-0.2, -0.15) is 0 Å². The third-order valence-electron chi connectivity index (χ3n) is 3.51. The first-order valence-electron chi connectivity index (χ1n) is 6.91. The molecule has 2 rings (SSSR count). The second kappa shape index (κ2) is 6.63. The van der Waals surface area contributed by atoms with E-state index in [0.29, 0.717) is 11.5 Å². The number of benzene rings is 1. The van der Waals surface area contributed by atoms with E-state index in [2.05, 4.69) is 18.7 Å². The van der Waals surface area contributed by atoms with Crippen molar-refractivity contribution in [3.05, 3.63) is 35.4 Å². The summed E-state index contributed by atoms with van der Waals surface area (Å²) in [5.41, 5.74) is 7.28. The van der Waals surface area contributed by atoms with E-state index in [0.717, 1.165) is 24.2 Å². The van der Waals surface area contributed by atoms with Crippen molar-refractivity contribution >= 4 is 17.2 Å². The Balaban J connectivity index is 1.97. The molecule has 1 aliphatic rings. The lowest BCUT2D eigenvalue weighted by Crippen LogP contribution is -2.46. The number of aliphatic hydroxyl groups is 1. The number of rotatable bonds is 4. The van der Waals surface area contributed by atoms with Gasteiger partial charge in [0.2, 0.25) is 0 Å². The molecule has 1 saturated heterocycles. The summed E-state index contributed by atoms with van der Waals surface area (Å²) in [7, 11) is 0. The van der Waals surface area contributed by atoms with E-state index in [-0.39, 0.29) is 12.2 Å². The monoisotopic (exact) mass is 294 g/mol. The Labute approximate surface area is 125 Å². The van der Waals surface area contributed by atoms with E-state index in [1.807, 2.05) is 24.3 Å². The van der Waals surface area contributed by atoms with Crippen molar-refractivity contribution in [3.63, 3.8) is 0 Å². The molecule has 1 aliphatic heterocycles. The lowest BCUT2D eigenvalue weighted by Gasteiger charge is -2.36. The summed E-state index contributed by atoms with van der Waals surface area (Å²) in [5.74, 6) is 0. The average molecular weight is 294 g/mol. The molecular weight excluding hydrogens is 272 g/mol. The summed E-state index contributed by atoms with van der Waals surface area (Å²) in [4.78, 5) is 2.62. The van der Waals surface area contributed by atoms with Crippen LogP contribution in [0.5, 0.6) is 0 Å². The number of aliphatic hydroxyl groups excluding tert-OH is 1. The van der Waals surface area contributed by atoms with Gasteiger partial charge < -0.3 is 15.6 Å². The van der Waals surface area contributed by atoms with Crippen LogP contribution in [0.25, 0.3) is 0 Å². The van der Waals surface area contributed by atoms with Crippen LogP contribution in [-0.2, 0) is 4.74 Å². The average Bonchev–Trinajstić information content (AvgIpc) is 2.37. The van der Waals surface area contributed by atoms with E-state index in [4.69, 9.17) is 22.7 Å². The highest BCUT2D eigenvalue weighted by atomic mass is 32.1. The summed E-state index contributed by atoms with van der Waals surface area (Å²) in [6.07, 6.45) is -0.0845. The van der Waals surface area contributed by atoms with Crippen molar-refractivity contribution in [2.24, 2.45) is 5.73 Å². The van der Waals surface area contributed by atoms with Crippen LogP contribution in [0.4, 0.5) is 0 Å². The SMILES string of the molecule is C[C@@H]1CN(CC(O)c2ccc(C(N)=S)cc2)C[C@H](C)O1. The van der Waals surface area contributed by atoms with Crippen LogP contribution in [0.15, 0.2) is 24.3 Å². The van der Waals surface area contributed by atoms with Gasteiger partial charge in [-0.3, -0.25) is 4.90 Å². The predicted octanol–water partition coefficient (Wildman–Crippen LogP) is 1.46. The zero-order chi connectivity index (χ0) is 14.7. The number of nitrogens with two attached hydrogens (primary N) is 1. The van der Waals surface area contributed by atoms with Gasteiger partial charge in [0.1, 0.15) is 4.99 Å². The minimum absolute atomic E-state index is 0.211. The van der Waals surface area contributed by atoms with Gasteiger partial charge in [-0.1, -0.05) is 36.5 Å². The molecule has 0 spiro atoms. The molecule has 4 nitrogen and oxygen atoms in total. The molecular formula is C15H22N2O2S. The molecule has 20 heavy (non-hydrogen) atoms. The van der Waals surface area contributed by atoms with Crippen molar-refractivity contribution in [3.8, 4) is 0 Å². The first kappa shape index (κ1) is 15.4. The predicted molar refractivity (Wildman–Crippen MR) is 83.7 cm³/mol. The molecule has 0 saturated carbocycles. The van der Waals surface area contributed by atoms with Crippen molar-refractivity contribution in [1.29, 1.82) is 0 Å². The number of hydrogen-bond donors (Lipinski definition) is 2. The van der Waals surface area contributed by atoms with E-state index in [1.54, 1.807) is 0 Å². The summed E-state index contributed by atoms with van der Waals surface area (Å²) in [6, 6.07) is 7.47. The maximum absolute atomic E-state index is 10.3. The van der Waals surface area contributed by atoms with E-state index >= 15 is 0 Å². The molecule has 1 heterocycles. The molecule has 110 valence electrons. The van der Waals surface area contributed by atoms with Gasteiger partial charge in [0.05, 0.1) is 18.3 Å². The number of nitrogens with zero attached hydrogens (tertiary/aromatic N) is 1. The second-order valence-corrected chi connectivity index (χ2v) is 5.92. The molecule has 0 amide bonds. The fourth-order valence-corrected chi connectivity index (χ4v) is 2.79. The summed E-state index contributed by atoms with van der Waals surface area (Å²) in [5, 5.41) is 10.3. The number of hydrogen-bond acceptors (Lipinski definition) is 4. The van der Waals surface area contributed by atoms with Gasteiger partial charge >= 0.3 is 0 Å². The van der Waals surface area contributed by atoms with Gasteiger partial charge in [-0.25, -0.2) is 0 Å². The molecule has 3 atom stereocenters. The number of ether oxygens (including phenoxy) is 1. The van der Waals surface area contributed by atoms with Crippen LogP contribution in [0.1, 0.15) is 31.1 Å². The van der Waals surface area contributed by atoms with Crippen molar-refractivity contribution in [2.75, 3.05) is 19.6 Å². The largest absolute Gasteiger partial charge is 0.389 e. The quantitative estimate of drug-likeness (QED) is 0.824. The highest BCUT2D eigenvalue weighted by Gasteiger charge is 2.24. The summed E-state index contributed by atoms with van der Waals surface area (Å²) in [6.45, 7) is 6.45. The van der Waals surface area contributed by atoms with Crippen LogP contribution < -0.4 is 5.73 Å². The van der Waals surface area contributed by atoms with E-state index in [1.165, 1.54) is 0 Å². The van der Waals surface area contributed by atoms with Crippen LogP contribution in [0, 0.1) is 0 Å². The van der Waals surface area contributed by atoms with Crippen LogP contribution >= 0.6 is 12.2 Å². The fraction of sp³-hybridized carbons (Fsp3) is 0.533. The molecule has 1 aromatic carbocycles. The lowest BCUT2D eigenvalue weighted by atomic mass is 10.1. The molecule has 0 aromatic heterocycles. The molecule has 1 aromatic rings. The normalized spacial score (nSPS) is 25.4. The zero-order valence-electron chi connectivity index (χ0n) is 12.0. The van der Waals surface area contributed by atoms with Crippen LogP contribution in [0.3, 0.4) is 0 Å². The second-order valence-electron chi connectivity index (χ2n) is 5.48. The molecule has 0 bridgehead atoms. The van der Waals surface area contributed by atoms with Gasteiger partial charge in [0.25, 0.3) is 0 Å². The Bertz CT molecular complexity index is 453. The molecule has 5 heteroatoms. The highest BCUT2D eigenvalue weighted by molar-refractivity contribution is 7.80. The smallest absolute Gasteiger partial charge is 0.103 e. The minimum atomic E-state index is -0.507. The maximum Gasteiger partial charge on any atom is 0.103 e. The van der Waals surface area contributed by atoms with Gasteiger partial charge in [0, 0.05) is 25.2 Å². The zero-order valence-corrected chi connectivity index (χ0v) is 12.8. The Morgan fingerprint density at radius 2 is 1.90 bits per heavy atom. The molecule has 1 unspecified atom stereocenters. The van der Waals surface area contributed by atoms with E-state index < -0.39 is 6.10 Å². The summed E-state index contributed by atoms with van der Waals surface area (Å²) >= 11 is 4.92. The van der Waals surface area contributed by atoms with Crippen LogP contribution in [0.2, 0.25) is 0 Å². The standard InChI is InChI=1S/C15H22N2O2S/c1-10-7-17(8-11(2)19-10)9-14(18)12-3-5-13(6-4-12)15(16)20/h3-6,10-11,14,18H,7-9H2,1-2H3,(H2,16,20)/t10-,11+,14?. The molecule has 0 aliphatic carbocycles. The fourth-order valence-electron chi connectivity index (χ4n) is 2.65. The Morgan fingerprint density at radius 1 is 1.35 bits per heavy atom. The lowest BCUT2D eigenvalue weighted by molar-refractivity contribution is -0.0767. The van der Waals surface area contributed by atoms with Gasteiger partial charge in [-0.05, 0) is 19.4 Å². The first-order valence-corrected chi connectivity index (χ1v) is 7.32. The molecule has 1 fully saturated rings. The summed E-state index contributed by atoms with van der Waals surface area (Å²) < 4.78 is 5.69. The Kier molecular flexibility index (Phi) is 5.10. The highest BCUT2D eigenvalue weighted by Crippen LogP contribution is 2.18. The van der Waals surface area contributed by atoms with Crippen molar-refractivity contribution in [2.45, 2.75) is 32.2 Å². The third-order valence-corrected chi connectivity index (χ3v) is 3.74. The topological polar surface area (TPSA) is 58.7 Å². The first-order chi connectivity index (χ1) is 9.45. The van der Waals surface area contributed by atoms with Gasteiger partial charge in [0.15, 0.2) is 0 Å². The van der Waals surface area contributed by atoms with Crippen molar-refractivity contribution < 1.29 is 9.84 Å². The molecule has 0 radical (unpaired) electrons. The number of thiocarbonyl (C=S) groups is 1. The minimum Gasteiger partial charge on any atom is -0.389 e. The number of morpholine rings is 1. The Morgan fingerprint density at radius 3 is 2.40 bits per heavy atom. The number of β-amino-alcohol motifs (C(OH)–C–C–N with tert-alkyl or cyclic N) is 1. The molecule has 3 N–H and O–H groups in total. The van der Waals surface area contributed by atoms with Gasteiger partial charge in [-0.15, -0.1) is 0 Å². The van der Waals surface area contributed by atoms with E-state index in [9.17, 15) is 5.11 Å².